The van der Waals surface area contributed by atoms with Crippen LogP contribution in [0.1, 0.15) is 12.8 Å². The summed E-state index contributed by atoms with van der Waals surface area (Å²) in [7, 11) is 0. The van der Waals surface area contributed by atoms with Crippen molar-refractivity contribution >= 4 is 11.6 Å². The molecule has 2 rings (SSSR count). The van der Waals surface area contributed by atoms with Crippen LogP contribution in [0.5, 0.6) is 5.88 Å². The van der Waals surface area contributed by atoms with Crippen molar-refractivity contribution in [2.45, 2.75) is 18.9 Å². The maximum absolute atomic E-state index is 5.72. The second kappa shape index (κ2) is 4.57. The molecule has 1 N–H and O–H groups in total. The van der Waals surface area contributed by atoms with Gasteiger partial charge >= 0.3 is 0 Å². The molecule has 1 fully saturated rings. The van der Waals surface area contributed by atoms with Crippen molar-refractivity contribution in [2.24, 2.45) is 0 Å². The van der Waals surface area contributed by atoms with E-state index in [9.17, 15) is 0 Å². The fraction of sp³-hybridized carbons (Fsp3) is 0.556. The molecular formula is C9H12ClN3O. The maximum atomic E-state index is 5.72. The molecule has 0 radical (unpaired) electrons. The molecule has 1 aliphatic heterocycles. The minimum Gasteiger partial charge on any atom is -0.474 e. The third-order valence-corrected chi connectivity index (χ3v) is 2.39. The lowest BCUT2D eigenvalue weighted by molar-refractivity contribution is 0.155. The van der Waals surface area contributed by atoms with Crippen molar-refractivity contribution in [3.8, 4) is 5.88 Å². The Hall–Kier alpha value is -0.870. The monoisotopic (exact) mass is 213 g/mol. The predicted octanol–water partition coefficient (Wildman–Crippen LogP) is 1.26. The highest BCUT2D eigenvalue weighted by atomic mass is 35.5. The summed E-state index contributed by atoms with van der Waals surface area (Å²) in [5.74, 6) is 0.567. The summed E-state index contributed by atoms with van der Waals surface area (Å²) in [5.41, 5.74) is 0. The van der Waals surface area contributed by atoms with E-state index >= 15 is 0 Å². The van der Waals surface area contributed by atoms with Crippen LogP contribution in [0.2, 0.25) is 5.15 Å². The van der Waals surface area contributed by atoms with Crippen molar-refractivity contribution in [2.75, 3.05) is 13.1 Å². The highest BCUT2D eigenvalue weighted by molar-refractivity contribution is 6.29. The average Bonchev–Trinajstić information content (AvgIpc) is 2.19. The molecule has 0 spiro atoms. The summed E-state index contributed by atoms with van der Waals surface area (Å²) in [6.07, 6.45) is 3.70. The first-order chi connectivity index (χ1) is 6.84. The summed E-state index contributed by atoms with van der Waals surface area (Å²) in [6, 6.07) is 1.64. The normalized spacial score (nSPS) is 18.1. The van der Waals surface area contributed by atoms with E-state index in [0.29, 0.717) is 11.0 Å². The quantitative estimate of drug-likeness (QED) is 0.752. The number of aromatic nitrogens is 2. The first-order valence-electron chi connectivity index (χ1n) is 4.69. The standard InChI is InChI=1S/C9H12ClN3O/c10-8-5-9(13-6-12-8)14-7-1-3-11-4-2-7/h5-7,11H,1-4H2. The number of halogens is 1. The summed E-state index contributed by atoms with van der Waals surface area (Å²) < 4.78 is 5.66. The molecule has 4 nitrogen and oxygen atoms in total. The molecule has 0 unspecified atom stereocenters. The van der Waals surface area contributed by atoms with Gasteiger partial charge in [-0.2, -0.15) is 0 Å². The minimum absolute atomic E-state index is 0.252. The Bertz CT molecular complexity index is 302. The van der Waals surface area contributed by atoms with E-state index in [-0.39, 0.29) is 6.10 Å². The molecule has 0 atom stereocenters. The lowest BCUT2D eigenvalue weighted by atomic mass is 10.1. The van der Waals surface area contributed by atoms with Gasteiger partial charge in [0.1, 0.15) is 17.6 Å². The highest BCUT2D eigenvalue weighted by Crippen LogP contribution is 2.15. The van der Waals surface area contributed by atoms with Crippen molar-refractivity contribution in [1.82, 2.24) is 15.3 Å². The molecular weight excluding hydrogens is 202 g/mol. The van der Waals surface area contributed by atoms with Gasteiger partial charge in [0.25, 0.3) is 0 Å². The van der Waals surface area contributed by atoms with Crippen LogP contribution in [-0.4, -0.2) is 29.2 Å². The van der Waals surface area contributed by atoms with E-state index in [4.69, 9.17) is 16.3 Å². The van der Waals surface area contributed by atoms with Gasteiger partial charge < -0.3 is 10.1 Å². The van der Waals surface area contributed by atoms with Crippen LogP contribution in [0, 0.1) is 0 Å². The predicted molar refractivity (Wildman–Crippen MR) is 53.6 cm³/mol. The van der Waals surface area contributed by atoms with Crippen LogP contribution in [0.25, 0.3) is 0 Å². The Morgan fingerprint density at radius 3 is 2.86 bits per heavy atom. The number of hydrogen-bond acceptors (Lipinski definition) is 4. The van der Waals surface area contributed by atoms with Crippen molar-refractivity contribution in [3.05, 3.63) is 17.5 Å². The largest absolute Gasteiger partial charge is 0.474 e. The van der Waals surface area contributed by atoms with Gasteiger partial charge in [0.15, 0.2) is 0 Å². The summed E-state index contributed by atoms with van der Waals surface area (Å²) >= 11 is 5.72. The molecule has 0 bridgehead atoms. The zero-order valence-corrected chi connectivity index (χ0v) is 8.50. The molecule has 1 saturated heterocycles. The number of nitrogens with one attached hydrogen (secondary N) is 1. The van der Waals surface area contributed by atoms with Gasteiger partial charge in [0, 0.05) is 6.07 Å². The first kappa shape index (κ1) is 9.68. The number of ether oxygens (including phenoxy) is 1. The number of nitrogens with zero attached hydrogens (tertiary/aromatic N) is 2. The van der Waals surface area contributed by atoms with E-state index in [2.05, 4.69) is 15.3 Å². The van der Waals surface area contributed by atoms with Gasteiger partial charge in [-0.05, 0) is 25.9 Å². The third kappa shape index (κ3) is 2.56. The molecule has 0 saturated carbocycles. The average molecular weight is 214 g/mol. The zero-order valence-electron chi connectivity index (χ0n) is 7.74. The van der Waals surface area contributed by atoms with Crippen LogP contribution in [0.15, 0.2) is 12.4 Å². The molecule has 2 heterocycles. The van der Waals surface area contributed by atoms with Gasteiger partial charge in [-0.1, -0.05) is 11.6 Å². The topological polar surface area (TPSA) is 47.0 Å². The Morgan fingerprint density at radius 1 is 1.36 bits per heavy atom. The van der Waals surface area contributed by atoms with Crippen LogP contribution < -0.4 is 10.1 Å². The number of hydrogen-bond donors (Lipinski definition) is 1. The Labute approximate surface area is 87.7 Å². The van der Waals surface area contributed by atoms with E-state index in [1.165, 1.54) is 6.33 Å². The first-order valence-corrected chi connectivity index (χ1v) is 5.07. The van der Waals surface area contributed by atoms with Crippen molar-refractivity contribution in [3.63, 3.8) is 0 Å². The Kier molecular flexibility index (Phi) is 3.16. The molecule has 0 aromatic carbocycles. The van der Waals surface area contributed by atoms with Gasteiger partial charge in [0.2, 0.25) is 5.88 Å². The molecule has 14 heavy (non-hydrogen) atoms. The molecule has 5 heteroatoms. The van der Waals surface area contributed by atoms with E-state index in [1.54, 1.807) is 6.07 Å². The van der Waals surface area contributed by atoms with Crippen molar-refractivity contribution in [1.29, 1.82) is 0 Å². The summed E-state index contributed by atoms with van der Waals surface area (Å²) in [6.45, 7) is 2.01. The highest BCUT2D eigenvalue weighted by Gasteiger charge is 2.14. The zero-order chi connectivity index (χ0) is 9.80. The van der Waals surface area contributed by atoms with Crippen LogP contribution in [0.4, 0.5) is 0 Å². The van der Waals surface area contributed by atoms with Crippen molar-refractivity contribution < 1.29 is 4.74 Å². The number of rotatable bonds is 2. The Balaban J connectivity index is 1.95. The summed E-state index contributed by atoms with van der Waals surface area (Å²) in [5, 5.41) is 3.69. The van der Waals surface area contributed by atoms with Crippen LogP contribution in [0.3, 0.4) is 0 Å². The van der Waals surface area contributed by atoms with Gasteiger partial charge in [-0.3, -0.25) is 0 Å². The second-order valence-corrected chi connectivity index (χ2v) is 3.63. The fourth-order valence-electron chi connectivity index (χ4n) is 1.47. The third-order valence-electron chi connectivity index (χ3n) is 2.18. The van der Waals surface area contributed by atoms with Gasteiger partial charge in [-0.15, -0.1) is 0 Å². The maximum Gasteiger partial charge on any atom is 0.218 e. The molecule has 1 aromatic rings. The SMILES string of the molecule is Clc1cc(OC2CCNCC2)ncn1. The molecule has 76 valence electrons. The second-order valence-electron chi connectivity index (χ2n) is 3.25. The molecule has 0 amide bonds. The minimum atomic E-state index is 0.252. The van der Waals surface area contributed by atoms with Gasteiger partial charge in [0.05, 0.1) is 0 Å². The molecule has 1 aliphatic rings. The lowest BCUT2D eigenvalue weighted by Crippen LogP contribution is -2.34. The Morgan fingerprint density at radius 2 is 2.14 bits per heavy atom. The lowest BCUT2D eigenvalue weighted by Gasteiger charge is -2.22. The van der Waals surface area contributed by atoms with Crippen LogP contribution >= 0.6 is 11.6 Å². The van der Waals surface area contributed by atoms with Crippen LogP contribution in [-0.2, 0) is 0 Å². The molecule has 1 aromatic heterocycles. The van der Waals surface area contributed by atoms with E-state index in [0.717, 1.165) is 25.9 Å². The van der Waals surface area contributed by atoms with Gasteiger partial charge in [-0.25, -0.2) is 9.97 Å². The van der Waals surface area contributed by atoms with E-state index < -0.39 is 0 Å². The van der Waals surface area contributed by atoms with E-state index in [1.807, 2.05) is 0 Å². The molecule has 0 aliphatic carbocycles. The number of piperidine rings is 1. The fourth-order valence-corrected chi connectivity index (χ4v) is 1.60. The smallest absolute Gasteiger partial charge is 0.218 e. The summed E-state index contributed by atoms with van der Waals surface area (Å²) in [4.78, 5) is 7.79.